The molecule has 1 aliphatic heterocycles. The van der Waals surface area contributed by atoms with E-state index in [1.165, 1.54) is 0 Å². The minimum Gasteiger partial charge on any atom is -0.384 e. The number of ketones is 1. The normalized spacial score (nSPS) is 16.4. The molecule has 0 fully saturated rings. The smallest absolute Gasteiger partial charge is 0.195 e. The Labute approximate surface area is 158 Å². The van der Waals surface area contributed by atoms with E-state index in [0.717, 1.165) is 22.4 Å². The number of hydrogen-bond donors (Lipinski definition) is 2. The lowest BCUT2D eigenvalue weighted by Gasteiger charge is -2.33. The quantitative estimate of drug-likeness (QED) is 0.749. The number of benzene rings is 2. The maximum absolute atomic E-state index is 13.3. The van der Waals surface area contributed by atoms with Crippen LogP contribution in [0, 0.1) is 0 Å². The third-order valence-electron chi connectivity index (χ3n) is 5.07. The lowest BCUT2D eigenvalue weighted by Crippen LogP contribution is -2.45. The van der Waals surface area contributed by atoms with Crippen LogP contribution < -0.4 is 15.5 Å². The van der Waals surface area contributed by atoms with Crippen molar-refractivity contribution >= 4 is 33.8 Å². The van der Waals surface area contributed by atoms with Crippen molar-refractivity contribution in [3.63, 3.8) is 0 Å². The predicted molar refractivity (Wildman–Crippen MR) is 110 cm³/mol. The van der Waals surface area contributed by atoms with Gasteiger partial charge in [0.2, 0.25) is 0 Å². The Kier molecular flexibility index (Phi) is 3.73. The summed E-state index contributed by atoms with van der Waals surface area (Å²) in [7, 11) is 3.97. The van der Waals surface area contributed by atoms with Gasteiger partial charge in [-0.2, -0.15) is 0 Å². The summed E-state index contributed by atoms with van der Waals surface area (Å²) < 4.78 is 0. The first-order valence-electron chi connectivity index (χ1n) is 8.88. The lowest BCUT2D eigenvalue weighted by atomic mass is 9.95. The van der Waals surface area contributed by atoms with Crippen molar-refractivity contribution in [1.82, 2.24) is 9.97 Å². The fourth-order valence-electron chi connectivity index (χ4n) is 3.61. The SMILES string of the molecule is CN(C)c1cccc(N2C(N)=C(c3nc4ccccc4[nH]3)C(=O)C2(C)C)c1. The number of nitrogens with zero attached hydrogens (tertiary/aromatic N) is 3. The molecule has 2 heterocycles. The van der Waals surface area contributed by atoms with Gasteiger partial charge >= 0.3 is 0 Å². The Balaban J connectivity index is 1.87. The van der Waals surface area contributed by atoms with Crippen molar-refractivity contribution in [2.24, 2.45) is 5.73 Å². The van der Waals surface area contributed by atoms with Crippen molar-refractivity contribution in [2.45, 2.75) is 19.4 Å². The molecule has 0 amide bonds. The molecular weight excluding hydrogens is 338 g/mol. The molecule has 3 N–H and O–H groups in total. The first-order valence-corrected chi connectivity index (χ1v) is 8.88. The fraction of sp³-hybridized carbons (Fsp3) is 0.238. The van der Waals surface area contributed by atoms with Gasteiger partial charge in [0.05, 0.1) is 11.0 Å². The van der Waals surface area contributed by atoms with Crippen LogP contribution in [-0.2, 0) is 4.79 Å². The number of imidazole rings is 1. The van der Waals surface area contributed by atoms with Crippen LogP contribution in [0.2, 0.25) is 0 Å². The third kappa shape index (κ3) is 2.56. The van der Waals surface area contributed by atoms with Crippen LogP contribution >= 0.6 is 0 Å². The molecule has 0 radical (unpaired) electrons. The molecule has 3 aromatic rings. The summed E-state index contributed by atoms with van der Waals surface area (Å²) in [6.07, 6.45) is 0. The van der Waals surface area contributed by atoms with E-state index in [9.17, 15) is 4.79 Å². The minimum absolute atomic E-state index is 0.0469. The first kappa shape index (κ1) is 17.1. The molecule has 2 aromatic carbocycles. The van der Waals surface area contributed by atoms with Crippen LogP contribution in [0.4, 0.5) is 11.4 Å². The number of H-pyrrole nitrogens is 1. The number of hydrogen-bond acceptors (Lipinski definition) is 5. The number of para-hydroxylation sites is 2. The Morgan fingerprint density at radius 2 is 1.85 bits per heavy atom. The Morgan fingerprint density at radius 1 is 1.11 bits per heavy atom. The van der Waals surface area contributed by atoms with E-state index in [4.69, 9.17) is 5.73 Å². The molecule has 0 aliphatic carbocycles. The summed E-state index contributed by atoms with van der Waals surface area (Å²) in [5.41, 5.74) is 9.76. The number of nitrogens with two attached hydrogens (primary N) is 1. The van der Waals surface area contributed by atoms with Crippen LogP contribution in [-0.4, -0.2) is 35.4 Å². The number of aromatic nitrogens is 2. The highest BCUT2D eigenvalue weighted by Gasteiger charge is 2.47. The molecule has 1 aromatic heterocycles. The van der Waals surface area contributed by atoms with Gasteiger partial charge in [-0.1, -0.05) is 18.2 Å². The molecule has 27 heavy (non-hydrogen) atoms. The molecule has 6 heteroatoms. The van der Waals surface area contributed by atoms with Crippen molar-refractivity contribution in [1.29, 1.82) is 0 Å². The highest BCUT2D eigenvalue weighted by atomic mass is 16.1. The number of anilines is 2. The summed E-state index contributed by atoms with van der Waals surface area (Å²) >= 11 is 0. The van der Waals surface area contributed by atoms with E-state index in [0.29, 0.717) is 17.2 Å². The summed E-state index contributed by atoms with van der Waals surface area (Å²) in [6, 6.07) is 15.7. The summed E-state index contributed by atoms with van der Waals surface area (Å²) in [6.45, 7) is 3.78. The van der Waals surface area contributed by atoms with E-state index in [1.807, 2.05) is 86.3 Å². The molecule has 0 saturated heterocycles. The molecule has 0 unspecified atom stereocenters. The molecule has 1 aliphatic rings. The minimum atomic E-state index is -0.802. The number of Topliss-reactive ketones (excluding diaryl/α,β-unsaturated/α-hetero) is 1. The van der Waals surface area contributed by atoms with Crippen molar-refractivity contribution in [2.75, 3.05) is 23.9 Å². The molecule has 138 valence electrons. The topological polar surface area (TPSA) is 78.2 Å². The second-order valence-corrected chi connectivity index (χ2v) is 7.50. The van der Waals surface area contributed by atoms with Gasteiger partial charge in [0.15, 0.2) is 5.78 Å². The van der Waals surface area contributed by atoms with Gasteiger partial charge in [0.1, 0.15) is 22.8 Å². The maximum Gasteiger partial charge on any atom is 0.195 e. The van der Waals surface area contributed by atoms with Gasteiger partial charge in [-0.05, 0) is 44.2 Å². The van der Waals surface area contributed by atoms with Crippen LogP contribution in [0.15, 0.2) is 54.4 Å². The van der Waals surface area contributed by atoms with E-state index in [2.05, 4.69) is 9.97 Å². The number of carbonyl (C=O) groups is 1. The second kappa shape index (κ2) is 5.87. The molecule has 0 saturated carbocycles. The van der Waals surface area contributed by atoms with Crippen LogP contribution in [0.25, 0.3) is 16.6 Å². The van der Waals surface area contributed by atoms with E-state index >= 15 is 0 Å². The number of nitrogens with one attached hydrogen (secondary N) is 1. The van der Waals surface area contributed by atoms with Crippen molar-refractivity contribution in [3.05, 3.63) is 60.2 Å². The second-order valence-electron chi connectivity index (χ2n) is 7.50. The van der Waals surface area contributed by atoms with Gasteiger partial charge in [0, 0.05) is 25.5 Å². The molecule has 4 rings (SSSR count). The van der Waals surface area contributed by atoms with Gasteiger partial charge < -0.3 is 20.5 Å². The highest BCUT2D eigenvalue weighted by Crippen LogP contribution is 2.40. The molecule has 0 spiro atoms. The molecule has 0 atom stereocenters. The largest absolute Gasteiger partial charge is 0.384 e. The monoisotopic (exact) mass is 361 g/mol. The van der Waals surface area contributed by atoms with Crippen molar-refractivity contribution in [3.8, 4) is 0 Å². The van der Waals surface area contributed by atoms with Gasteiger partial charge in [0.25, 0.3) is 0 Å². The molecular formula is C21H23N5O. The van der Waals surface area contributed by atoms with Crippen molar-refractivity contribution < 1.29 is 4.79 Å². The standard InChI is InChI=1S/C21H23N5O/c1-21(2)18(27)17(20-23-15-10-5-6-11-16(15)24-20)19(22)26(21)14-9-7-8-13(12-14)25(3)4/h5-12H,22H2,1-4H3,(H,23,24). The fourth-order valence-corrected chi connectivity index (χ4v) is 3.61. The zero-order valence-electron chi connectivity index (χ0n) is 15.9. The van der Waals surface area contributed by atoms with Gasteiger partial charge in [-0.15, -0.1) is 0 Å². The van der Waals surface area contributed by atoms with E-state index in [1.54, 1.807) is 0 Å². The predicted octanol–water partition coefficient (Wildman–Crippen LogP) is 3.12. The summed E-state index contributed by atoms with van der Waals surface area (Å²) in [5, 5.41) is 0. The Hall–Kier alpha value is -3.28. The Bertz CT molecular complexity index is 1040. The van der Waals surface area contributed by atoms with E-state index < -0.39 is 5.54 Å². The van der Waals surface area contributed by atoms with Crippen LogP contribution in [0.5, 0.6) is 0 Å². The number of fused-ring (bicyclic) bond motifs is 1. The maximum atomic E-state index is 13.3. The number of rotatable bonds is 3. The zero-order chi connectivity index (χ0) is 19.3. The number of aromatic amines is 1. The Morgan fingerprint density at radius 3 is 2.56 bits per heavy atom. The number of carbonyl (C=O) groups excluding carboxylic acids is 1. The summed E-state index contributed by atoms with van der Waals surface area (Å²) in [4.78, 5) is 25.0. The lowest BCUT2D eigenvalue weighted by molar-refractivity contribution is -0.116. The zero-order valence-corrected chi connectivity index (χ0v) is 15.9. The molecule has 6 nitrogen and oxygen atoms in total. The van der Waals surface area contributed by atoms with Gasteiger partial charge in [-0.25, -0.2) is 4.98 Å². The van der Waals surface area contributed by atoms with Crippen LogP contribution in [0.3, 0.4) is 0 Å². The van der Waals surface area contributed by atoms with Crippen LogP contribution in [0.1, 0.15) is 19.7 Å². The third-order valence-corrected chi connectivity index (χ3v) is 5.07. The first-order chi connectivity index (χ1) is 12.8. The van der Waals surface area contributed by atoms with E-state index in [-0.39, 0.29) is 5.78 Å². The van der Waals surface area contributed by atoms with Gasteiger partial charge in [-0.3, -0.25) is 4.79 Å². The molecule has 0 bridgehead atoms. The summed E-state index contributed by atoms with van der Waals surface area (Å²) in [5.74, 6) is 0.882. The average Bonchev–Trinajstić information content (AvgIpc) is 3.12. The average molecular weight is 361 g/mol. The highest BCUT2D eigenvalue weighted by molar-refractivity contribution is 6.29.